The van der Waals surface area contributed by atoms with E-state index < -0.39 is 0 Å². The Morgan fingerprint density at radius 2 is 1.78 bits per heavy atom. The molecule has 1 aliphatic rings. The van der Waals surface area contributed by atoms with E-state index in [4.69, 9.17) is 5.84 Å². The molecule has 0 spiro atoms. The topological polar surface area (TPSA) is 38.0 Å². The summed E-state index contributed by atoms with van der Waals surface area (Å²) in [5, 5.41) is 0. The smallest absolute Gasteiger partial charge is 0.0488 e. The molecule has 0 radical (unpaired) electrons. The lowest BCUT2D eigenvalue weighted by Crippen LogP contribution is -2.36. The Labute approximate surface area is 111 Å². The van der Waals surface area contributed by atoms with E-state index in [0.717, 1.165) is 11.8 Å². The van der Waals surface area contributed by atoms with Crippen molar-refractivity contribution in [2.24, 2.45) is 23.6 Å². The predicted molar refractivity (Wildman–Crippen MR) is 76.9 cm³/mol. The van der Waals surface area contributed by atoms with E-state index >= 15 is 0 Å². The van der Waals surface area contributed by atoms with Gasteiger partial charge in [0.25, 0.3) is 0 Å². The summed E-state index contributed by atoms with van der Waals surface area (Å²) in [7, 11) is 0. The van der Waals surface area contributed by atoms with Crippen molar-refractivity contribution in [2.75, 3.05) is 0 Å². The van der Waals surface area contributed by atoms with Crippen LogP contribution in [0.3, 0.4) is 0 Å². The second kappa shape index (κ2) is 5.85. The minimum absolute atomic E-state index is 0.306. The van der Waals surface area contributed by atoms with Crippen molar-refractivity contribution >= 4 is 0 Å². The maximum absolute atomic E-state index is 5.80. The van der Waals surface area contributed by atoms with Gasteiger partial charge in [0.05, 0.1) is 0 Å². The van der Waals surface area contributed by atoms with E-state index in [2.05, 4.69) is 50.5 Å². The van der Waals surface area contributed by atoms with Crippen LogP contribution in [0.5, 0.6) is 0 Å². The van der Waals surface area contributed by atoms with E-state index in [9.17, 15) is 0 Å². The molecule has 2 heteroatoms. The van der Waals surface area contributed by atoms with Crippen LogP contribution in [0, 0.1) is 24.7 Å². The Kier molecular flexibility index (Phi) is 4.41. The van der Waals surface area contributed by atoms with Gasteiger partial charge in [0.15, 0.2) is 0 Å². The first-order valence-electron chi connectivity index (χ1n) is 7.14. The van der Waals surface area contributed by atoms with E-state index in [1.807, 2.05) is 0 Å². The van der Waals surface area contributed by atoms with Gasteiger partial charge in [-0.05, 0) is 43.1 Å². The SMILES string of the molecule is Cc1ccc(C(NN)C2CCC(C)C(C)C2)cc1. The summed E-state index contributed by atoms with van der Waals surface area (Å²) in [6.45, 7) is 6.87. The molecule has 3 N–H and O–H groups in total. The van der Waals surface area contributed by atoms with Crippen molar-refractivity contribution in [3.63, 3.8) is 0 Å². The molecule has 2 rings (SSSR count). The number of hydrazine groups is 1. The highest BCUT2D eigenvalue weighted by Gasteiger charge is 2.30. The van der Waals surface area contributed by atoms with Gasteiger partial charge in [-0.2, -0.15) is 0 Å². The van der Waals surface area contributed by atoms with Crippen molar-refractivity contribution in [2.45, 2.75) is 46.1 Å². The fourth-order valence-corrected chi connectivity index (χ4v) is 3.17. The molecular formula is C16H26N2. The molecule has 0 aliphatic heterocycles. The van der Waals surface area contributed by atoms with E-state index in [-0.39, 0.29) is 0 Å². The van der Waals surface area contributed by atoms with Crippen LogP contribution in [-0.4, -0.2) is 0 Å². The lowest BCUT2D eigenvalue weighted by Gasteiger charge is -2.36. The molecule has 1 aromatic rings. The van der Waals surface area contributed by atoms with Crippen molar-refractivity contribution in [1.82, 2.24) is 5.43 Å². The summed E-state index contributed by atoms with van der Waals surface area (Å²) < 4.78 is 0. The molecule has 1 aromatic carbocycles. The fraction of sp³-hybridized carbons (Fsp3) is 0.625. The maximum Gasteiger partial charge on any atom is 0.0488 e. The Morgan fingerprint density at radius 3 is 2.33 bits per heavy atom. The molecule has 1 aliphatic carbocycles. The van der Waals surface area contributed by atoms with E-state index in [1.54, 1.807) is 0 Å². The van der Waals surface area contributed by atoms with Crippen molar-refractivity contribution in [3.05, 3.63) is 35.4 Å². The van der Waals surface area contributed by atoms with Crippen LogP contribution < -0.4 is 11.3 Å². The standard InChI is InChI=1S/C16H26N2/c1-11-4-7-14(8-5-11)16(18-17)15-9-6-12(2)13(3)10-15/h4-5,7-8,12-13,15-16,18H,6,9-10,17H2,1-3H3. The minimum atomic E-state index is 0.306. The Balaban J connectivity index is 2.11. The average molecular weight is 246 g/mol. The first-order chi connectivity index (χ1) is 8.61. The van der Waals surface area contributed by atoms with Gasteiger partial charge in [-0.15, -0.1) is 0 Å². The first-order valence-corrected chi connectivity index (χ1v) is 7.14. The van der Waals surface area contributed by atoms with Crippen LogP contribution in [-0.2, 0) is 0 Å². The zero-order chi connectivity index (χ0) is 13.1. The maximum atomic E-state index is 5.80. The van der Waals surface area contributed by atoms with Crippen LogP contribution in [0.15, 0.2) is 24.3 Å². The van der Waals surface area contributed by atoms with Gasteiger partial charge in [0, 0.05) is 6.04 Å². The van der Waals surface area contributed by atoms with Gasteiger partial charge in [-0.3, -0.25) is 11.3 Å². The van der Waals surface area contributed by atoms with Gasteiger partial charge in [-0.25, -0.2) is 0 Å². The van der Waals surface area contributed by atoms with Gasteiger partial charge < -0.3 is 0 Å². The normalized spacial score (nSPS) is 30.1. The van der Waals surface area contributed by atoms with Crippen molar-refractivity contribution in [1.29, 1.82) is 0 Å². The Hall–Kier alpha value is -0.860. The molecule has 4 unspecified atom stereocenters. The van der Waals surface area contributed by atoms with Gasteiger partial charge >= 0.3 is 0 Å². The third kappa shape index (κ3) is 2.93. The monoisotopic (exact) mass is 246 g/mol. The zero-order valence-electron chi connectivity index (χ0n) is 11.8. The molecule has 0 saturated heterocycles. The predicted octanol–water partition coefficient (Wildman–Crippen LogP) is 3.57. The van der Waals surface area contributed by atoms with Gasteiger partial charge in [-0.1, -0.05) is 50.1 Å². The molecule has 0 amide bonds. The number of hydrogen-bond donors (Lipinski definition) is 2. The summed E-state index contributed by atoms with van der Waals surface area (Å²) in [4.78, 5) is 0. The molecule has 1 fully saturated rings. The van der Waals surface area contributed by atoms with Crippen molar-refractivity contribution < 1.29 is 0 Å². The highest BCUT2D eigenvalue weighted by molar-refractivity contribution is 5.24. The number of aryl methyl sites for hydroxylation is 1. The molecule has 2 nitrogen and oxygen atoms in total. The van der Waals surface area contributed by atoms with E-state index in [0.29, 0.717) is 12.0 Å². The number of nitrogens with two attached hydrogens (primary N) is 1. The number of nitrogens with one attached hydrogen (secondary N) is 1. The zero-order valence-corrected chi connectivity index (χ0v) is 11.8. The summed E-state index contributed by atoms with van der Waals surface area (Å²) in [6.07, 6.45) is 3.90. The third-order valence-corrected chi connectivity index (χ3v) is 4.73. The second-order valence-corrected chi connectivity index (χ2v) is 6.08. The largest absolute Gasteiger partial charge is 0.271 e. The molecule has 100 valence electrons. The van der Waals surface area contributed by atoms with Gasteiger partial charge in [0.1, 0.15) is 0 Å². The summed E-state index contributed by atoms with van der Waals surface area (Å²) in [6, 6.07) is 9.08. The molecule has 0 bridgehead atoms. The fourth-order valence-electron chi connectivity index (χ4n) is 3.17. The molecule has 1 saturated carbocycles. The average Bonchev–Trinajstić information content (AvgIpc) is 2.37. The van der Waals surface area contributed by atoms with Crippen LogP contribution in [0.2, 0.25) is 0 Å². The Morgan fingerprint density at radius 1 is 1.11 bits per heavy atom. The highest BCUT2D eigenvalue weighted by Crippen LogP contribution is 2.39. The van der Waals surface area contributed by atoms with Gasteiger partial charge in [0.2, 0.25) is 0 Å². The van der Waals surface area contributed by atoms with Crippen molar-refractivity contribution in [3.8, 4) is 0 Å². The van der Waals surface area contributed by atoms with Crippen LogP contribution in [0.4, 0.5) is 0 Å². The number of rotatable bonds is 3. The molecule has 4 atom stereocenters. The quantitative estimate of drug-likeness (QED) is 0.632. The van der Waals surface area contributed by atoms with Crippen LogP contribution >= 0.6 is 0 Å². The lowest BCUT2D eigenvalue weighted by atomic mass is 9.72. The minimum Gasteiger partial charge on any atom is -0.271 e. The Bertz CT molecular complexity index is 371. The first kappa shape index (κ1) is 13.6. The van der Waals surface area contributed by atoms with E-state index in [1.165, 1.54) is 30.4 Å². The summed E-state index contributed by atoms with van der Waals surface area (Å²) in [5.41, 5.74) is 5.68. The molecular weight excluding hydrogens is 220 g/mol. The lowest BCUT2D eigenvalue weighted by molar-refractivity contribution is 0.171. The summed E-state index contributed by atoms with van der Waals surface area (Å²) >= 11 is 0. The number of hydrogen-bond acceptors (Lipinski definition) is 2. The van der Waals surface area contributed by atoms with Crippen LogP contribution in [0.1, 0.15) is 50.3 Å². The number of benzene rings is 1. The molecule has 0 heterocycles. The summed E-state index contributed by atoms with van der Waals surface area (Å²) in [5.74, 6) is 8.14. The second-order valence-electron chi connectivity index (χ2n) is 6.08. The molecule has 18 heavy (non-hydrogen) atoms. The van der Waals surface area contributed by atoms with Crippen LogP contribution in [0.25, 0.3) is 0 Å². The molecule has 0 aromatic heterocycles. The highest BCUT2D eigenvalue weighted by atomic mass is 15.2. The third-order valence-electron chi connectivity index (χ3n) is 4.73.